The van der Waals surface area contributed by atoms with Crippen LogP contribution in [0.5, 0.6) is 0 Å². The third kappa shape index (κ3) is 2.28. The maximum Gasteiger partial charge on any atom is 0.123 e. The predicted octanol–water partition coefficient (Wildman–Crippen LogP) is 2.04. The Kier molecular flexibility index (Phi) is 3.01. The van der Waals surface area contributed by atoms with Crippen molar-refractivity contribution in [1.29, 1.82) is 0 Å². The zero-order valence-electron chi connectivity index (χ0n) is 9.10. The molecule has 2 aromatic rings. The summed E-state index contributed by atoms with van der Waals surface area (Å²) in [6, 6.07) is 8.35. The van der Waals surface area contributed by atoms with Gasteiger partial charge in [-0.1, -0.05) is 12.1 Å². The standard InChI is InChI=1S/C12H14FN3/c1-9(14)8-16-12(5-6-15-16)10-3-2-4-11(13)7-10/h2-7,9H,8,14H2,1H3. The highest BCUT2D eigenvalue weighted by Gasteiger charge is 2.07. The fourth-order valence-electron chi connectivity index (χ4n) is 1.64. The Balaban J connectivity index is 2.37. The summed E-state index contributed by atoms with van der Waals surface area (Å²) in [5.41, 5.74) is 7.43. The Morgan fingerprint density at radius 3 is 2.94 bits per heavy atom. The van der Waals surface area contributed by atoms with Crippen LogP contribution in [0.25, 0.3) is 11.3 Å². The minimum atomic E-state index is -0.244. The molecule has 0 saturated heterocycles. The molecule has 0 aliphatic carbocycles. The van der Waals surface area contributed by atoms with E-state index in [0.29, 0.717) is 6.54 Å². The molecule has 2 rings (SSSR count). The molecule has 0 amide bonds. The van der Waals surface area contributed by atoms with Gasteiger partial charge in [0.2, 0.25) is 0 Å². The summed E-state index contributed by atoms with van der Waals surface area (Å²) in [4.78, 5) is 0. The fourth-order valence-corrected chi connectivity index (χ4v) is 1.64. The lowest BCUT2D eigenvalue weighted by Gasteiger charge is -2.09. The molecule has 84 valence electrons. The Labute approximate surface area is 93.7 Å². The van der Waals surface area contributed by atoms with E-state index in [1.807, 2.05) is 19.1 Å². The van der Waals surface area contributed by atoms with Crippen molar-refractivity contribution in [3.8, 4) is 11.3 Å². The molecule has 0 radical (unpaired) electrons. The highest BCUT2D eigenvalue weighted by molar-refractivity contribution is 5.59. The molecule has 0 bridgehead atoms. The third-order valence-corrected chi connectivity index (χ3v) is 2.30. The Morgan fingerprint density at radius 2 is 2.25 bits per heavy atom. The van der Waals surface area contributed by atoms with E-state index in [4.69, 9.17) is 5.73 Å². The second kappa shape index (κ2) is 4.45. The monoisotopic (exact) mass is 219 g/mol. The molecule has 1 heterocycles. The van der Waals surface area contributed by atoms with Gasteiger partial charge < -0.3 is 5.73 Å². The van der Waals surface area contributed by atoms with Crippen LogP contribution < -0.4 is 5.73 Å². The van der Waals surface area contributed by atoms with Gasteiger partial charge >= 0.3 is 0 Å². The summed E-state index contributed by atoms with van der Waals surface area (Å²) in [6.45, 7) is 2.54. The van der Waals surface area contributed by atoms with Crippen molar-refractivity contribution < 1.29 is 4.39 Å². The van der Waals surface area contributed by atoms with Crippen LogP contribution in [0.3, 0.4) is 0 Å². The van der Waals surface area contributed by atoms with E-state index >= 15 is 0 Å². The second-order valence-electron chi connectivity index (χ2n) is 3.89. The molecule has 1 aromatic carbocycles. The minimum absolute atomic E-state index is 0.0206. The molecule has 1 aromatic heterocycles. The molecule has 2 N–H and O–H groups in total. The van der Waals surface area contributed by atoms with E-state index < -0.39 is 0 Å². The van der Waals surface area contributed by atoms with Gasteiger partial charge in [-0.15, -0.1) is 0 Å². The third-order valence-electron chi connectivity index (χ3n) is 2.30. The van der Waals surface area contributed by atoms with Crippen molar-refractivity contribution >= 4 is 0 Å². The summed E-state index contributed by atoms with van der Waals surface area (Å²) in [5, 5.41) is 4.18. The molecular weight excluding hydrogens is 205 g/mol. The van der Waals surface area contributed by atoms with Crippen molar-refractivity contribution in [2.24, 2.45) is 5.73 Å². The molecule has 4 heteroatoms. The predicted molar refractivity (Wildman–Crippen MR) is 61.3 cm³/mol. The number of aromatic nitrogens is 2. The molecular formula is C12H14FN3. The first-order chi connectivity index (χ1) is 7.66. The van der Waals surface area contributed by atoms with Gasteiger partial charge in [0, 0.05) is 17.8 Å². The van der Waals surface area contributed by atoms with Crippen molar-refractivity contribution in [2.75, 3.05) is 0 Å². The Morgan fingerprint density at radius 1 is 1.44 bits per heavy atom. The van der Waals surface area contributed by atoms with Gasteiger partial charge in [0.25, 0.3) is 0 Å². The highest BCUT2D eigenvalue weighted by atomic mass is 19.1. The van der Waals surface area contributed by atoms with E-state index in [2.05, 4.69) is 5.10 Å². The first-order valence-electron chi connectivity index (χ1n) is 5.20. The van der Waals surface area contributed by atoms with Gasteiger partial charge in [0.05, 0.1) is 12.2 Å². The molecule has 0 aliphatic rings. The SMILES string of the molecule is CC(N)Cn1nccc1-c1cccc(F)c1. The number of hydrogen-bond acceptors (Lipinski definition) is 2. The highest BCUT2D eigenvalue weighted by Crippen LogP contribution is 2.19. The van der Waals surface area contributed by atoms with Gasteiger partial charge in [-0.3, -0.25) is 4.68 Å². The average Bonchev–Trinajstić information content (AvgIpc) is 2.65. The minimum Gasteiger partial charge on any atom is -0.326 e. The van der Waals surface area contributed by atoms with Crippen LogP contribution in [-0.4, -0.2) is 15.8 Å². The van der Waals surface area contributed by atoms with E-state index in [1.54, 1.807) is 16.9 Å². The smallest absolute Gasteiger partial charge is 0.123 e. The van der Waals surface area contributed by atoms with Gasteiger partial charge in [-0.2, -0.15) is 5.10 Å². The van der Waals surface area contributed by atoms with Crippen molar-refractivity contribution in [3.63, 3.8) is 0 Å². The van der Waals surface area contributed by atoms with Crippen LogP contribution in [0.4, 0.5) is 4.39 Å². The zero-order chi connectivity index (χ0) is 11.5. The number of nitrogens with zero attached hydrogens (tertiary/aromatic N) is 2. The number of rotatable bonds is 3. The number of nitrogens with two attached hydrogens (primary N) is 1. The number of benzene rings is 1. The van der Waals surface area contributed by atoms with Crippen LogP contribution in [0, 0.1) is 5.82 Å². The van der Waals surface area contributed by atoms with E-state index in [1.165, 1.54) is 12.1 Å². The summed E-state index contributed by atoms with van der Waals surface area (Å²) in [6.07, 6.45) is 1.70. The normalized spacial score (nSPS) is 12.7. The van der Waals surface area contributed by atoms with E-state index in [-0.39, 0.29) is 11.9 Å². The van der Waals surface area contributed by atoms with Crippen molar-refractivity contribution in [2.45, 2.75) is 19.5 Å². The summed E-state index contributed by atoms with van der Waals surface area (Å²) >= 11 is 0. The first-order valence-corrected chi connectivity index (χ1v) is 5.20. The maximum atomic E-state index is 13.1. The largest absolute Gasteiger partial charge is 0.326 e. The van der Waals surface area contributed by atoms with Crippen LogP contribution in [0.15, 0.2) is 36.5 Å². The average molecular weight is 219 g/mol. The van der Waals surface area contributed by atoms with Gasteiger partial charge in [-0.25, -0.2) is 4.39 Å². The summed E-state index contributed by atoms with van der Waals surface area (Å²) < 4.78 is 14.9. The number of hydrogen-bond donors (Lipinski definition) is 1. The van der Waals surface area contributed by atoms with Gasteiger partial charge in [0.15, 0.2) is 0 Å². The second-order valence-corrected chi connectivity index (χ2v) is 3.89. The lowest BCUT2D eigenvalue weighted by Crippen LogP contribution is -2.23. The molecule has 0 spiro atoms. The Hall–Kier alpha value is -1.68. The van der Waals surface area contributed by atoms with Crippen LogP contribution in [-0.2, 0) is 6.54 Å². The van der Waals surface area contributed by atoms with Crippen molar-refractivity contribution in [1.82, 2.24) is 9.78 Å². The Bertz CT molecular complexity index is 477. The molecule has 16 heavy (non-hydrogen) atoms. The van der Waals surface area contributed by atoms with E-state index in [9.17, 15) is 4.39 Å². The van der Waals surface area contributed by atoms with Gasteiger partial charge in [-0.05, 0) is 25.1 Å². The zero-order valence-corrected chi connectivity index (χ0v) is 9.10. The maximum absolute atomic E-state index is 13.1. The first kappa shape index (κ1) is 10.8. The summed E-state index contributed by atoms with van der Waals surface area (Å²) in [5.74, 6) is -0.244. The van der Waals surface area contributed by atoms with Crippen LogP contribution in [0.2, 0.25) is 0 Å². The van der Waals surface area contributed by atoms with Crippen LogP contribution >= 0.6 is 0 Å². The number of halogens is 1. The molecule has 1 unspecified atom stereocenters. The quantitative estimate of drug-likeness (QED) is 0.858. The topological polar surface area (TPSA) is 43.8 Å². The molecule has 0 fully saturated rings. The van der Waals surface area contributed by atoms with E-state index in [0.717, 1.165) is 11.3 Å². The summed E-state index contributed by atoms with van der Waals surface area (Å²) in [7, 11) is 0. The van der Waals surface area contributed by atoms with Gasteiger partial charge in [0.1, 0.15) is 5.82 Å². The lowest BCUT2D eigenvalue weighted by molar-refractivity contribution is 0.543. The fraction of sp³-hybridized carbons (Fsp3) is 0.250. The van der Waals surface area contributed by atoms with Crippen molar-refractivity contribution in [3.05, 3.63) is 42.3 Å². The molecule has 1 atom stereocenters. The molecule has 0 saturated carbocycles. The van der Waals surface area contributed by atoms with Crippen LogP contribution in [0.1, 0.15) is 6.92 Å². The molecule has 3 nitrogen and oxygen atoms in total. The molecule has 0 aliphatic heterocycles. The lowest BCUT2D eigenvalue weighted by atomic mass is 10.1.